The topological polar surface area (TPSA) is 62.4 Å². The average molecular weight is 213 g/mol. The minimum absolute atomic E-state index is 0.0992. The quantitative estimate of drug-likeness (QED) is 0.785. The third-order valence-electron chi connectivity index (χ3n) is 2.61. The molecule has 15 heavy (non-hydrogen) atoms. The van der Waals surface area contributed by atoms with E-state index in [9.17, 15) is 5.11 Å². The molecule has 1 N–H and O–H groups in total. The van der Waals surface area contributed by atoms with Crippen molar-refractivity contribution in [1.82, 2.24) is 15.0 Å². The molecule has 0 amide bonds. The summed E-state index contributed by atoms with van der Waals surface area (Å²) >= 11 is 0. The largest absolute Gasteiger partial charge is 0.394 e. The van der Waals surface area contributed by atoms with Crippen LogP contribution in [-0.4, -0.2) is 39.3 Å². The van der Waals surface area contributed by atoms with Gasteiger partial charge in [-0.1, -0.05) is 12.1 Å². The predicted octanol–water partition coefficient (Wildman–Crippen LogP) is 0.835. The lowest BCUT2D eigenvalue weighted by Crippen LogP contribution is -2.43. The number of aliphatic hydroxyl groups excluding tert-OH is 1. The molecule has 0 fully saturated rings. The van der Waals surface area contributed by atoms with Crippen LogP contribution in [0, 0.1) is 0 Å². The van der Waals surface area contributed by atoms with Gasteiger partial charge < -0.3 is 9.63 Å². The molecule has 0 saturated heterocycles. The van der Waals surface area contributed by atoms with E-state index in [-0.39, 0.29) is 12.1 Å². The van der Waals surface area contributed by atoms with Gasteiger partial charge in [0.05, 0.1) is 13.2 Å². The van der Waals surface area contributed by atoms with Gasteiger partial charge in [0, 0.05) is 12.0 Å². The van der Waals surface area contributed by atoms with Gasteiger partial charge in [0.15, 0.2) is 5.82 Å². The maximum Gasteiger partial charge on any atom is 0.226 e. The lowest BCUT2D eigenvalue weighted by atomic mass is 10.1. The van der Waals surface area contributed by atoms with Gasteiger partial charge in [-0.2, -0.15) is 4.98 Å². The van der Waals surface area contributed by atoms with Crippen LogP contribution < -0.4 is 0 Å². The lowest BCUT2D eigenvalue weighted by molar-refractivity contribution is 0.0708. The van der Waals surface area contributed by atoms with E-state index in [1.54, 1.807) is 0 Å². The Kier molecular flexibility index (Phi) is 3.82. The second-order valence-electron chi connectivity index (χ2n) is 4.28. The molecule has 1 aromatic rings. The SMILES string of the molecule is CCc1nc(CN(C)C(C)(C)CO)no1. The molecule has 1 rings (SSSR count). The molecule has 86 valence electrons. The number of likely N-dealkylation sites (N-methyl/N-ethyl adjacent to an activating group) is 1. The molecule has 0 aliphatic carbocycles. The van der Waals surface area contributed by atoms with E-state index in [0.29, 0.717) is 18.3 Å². The second-order valence-corrected chi connectivity index (χ2v) is 4.28. The van der Waals surface area contributed by atoms with Crippen molar-refractivity contribution in [1.29, 1.82) is 0 Å². The molecule has 5 nitrogen and oxygen atoms in total. The molecular formula is C10H19N3O2. The van der Waals surface area contributed by atoms with Crippen LogP contribution in [0.2, 0.25) is 0 Å². The Labute approximate surface area is 90.1 Å². The van der Waals surface area contributed by atoms with Crippen molar-refractivity contribution in [2.24, 2.45) is 0 Å². The maximum atomic E-state index is 9.19. The van der Waals surface area contributed by atoms with E-state index in [1.807, 2.05) is 32.7 Å². The first kappa shape index (κ1) is 12.1. The highest BCUT2D eigenvalue weighted by Crippen LogP contribution is 2.13. The predicted molar refractivity (Wildman–Crippen MR) is 56.3 cm³/mol. The average Bonchev–Trinajstić information content (AvgIpc) is 2.65. The van der Waals surface area contributed by atoms with Crippen molar-refractivity contribution in [3.8, 4) is 0 Å². The van der Waals surface area contributed by atoms with E-state index >= 15 is 0 Å². The van der Waals surface area contributed by atoms with Crippen LogP contribution in [-0.2, 0) is 13.0 Å². The summed E-state index contributed by atoms with van der Waals surface area (Å²) in [5.41, 5.74) is -0.271. The Morgan fingerprint density at radius 3 is 2.60 bits per heavy atom. The molecule has 0 aromatic carbocycles. The van der Waals surface area contributed by atoms with Crippen LogP contribution in [0.15, 0.2) is 4.52 Å². The Morgan fingerprint density at radius 1 is 1.47 bits per heavy atom. The molecule has 0 unspecified atom stereocenters. The Morgan fingerprint density at radius 2 is 2.13 bits per heavy atom. The van der Waals surface area contributed by atoms with Crippen LogP contribution in [0.1, 0.15) is 32.5 Å². The van der Waals surface area contributed by atoms with Crippen LogP contribution in [0.3, 0.4) is 0 Å². The van der Waals surface area contributed by atoms with Gasteiger partial charge in [-0.3, -0.25) is 4.90 Å². The van der Waals surface area contributed by atoms with Crippen LogP contribution in [0.5, 0.6) is 0 Å². The van der Waals surface area contributed by atoms with E-state index in [4.69, 9.17) is 4.52 Å². The van der Waals surface area contributed by atoms with Crippen LogP contribution in [0.4, 0.5) is 0 Å². The molecule has 1 heterocycles. The molecule has 5 heteroatoms. The van der Waals surface area contributed by atoms with Gasteiger partial charge in [-0.25, -0.2) is 0 Å². The highest BCUT2D eigenvalue weighted by molar-refractivity contribution is 4.88. The fourth-order valence-corrected chi connectivity index (χ4v) is 1.04. The highest BCUT2D eigenvalue weighted by Gasteiger charge is 2.23. The lowest BCUT2D eigenvalue weighted by Gasteiger charge is -2.32. The molecule has 0 radical (unpaired) electrons. The van der Waals surface area contributed by atoms with Gasteiger partial charge in [0.2, 0.25) is 5.89 Å². The van der Waals surface area contributed by atoms with Crippen LogP contribution in [0.25, 0.3) is 0 Å². The minimum atomic E-state index is -0.271. The summed E-state index contributed by atoms with van der Waals surface area (Å²) < 4.78 is 5.01. The zero-order valence-corrected chi connectivity index (χ0v) is 9.82. The zero-order chi connectivity index (χ0) is 11.5. The number of aromatic nitrogens is 2. The van der Waals surface area contributed by atoms with Crippen molar-refractivity contribution in [2.45, 2.75) is 39.3 Å². The summed E-state index contributed by atoms with van der Waals surface area (Å²) in [4.78, 5) is 6.21. The normalized spacial score (nSPS) is 12.4. The number of hydrogen-bond acceptors (Lipinski definition) is 5. The van der Waals surface area contributed by atoms with Crippen LogP contribution >= 0.6 is 0 Å². The summed E-state index contributed by atoms with van der Waals surface area (Å²) in [5.74, 6) is 1.32. The third kappa shape index (κ3) is 3.00. The van der Waals surface area contributed by atoms with E-state index in [2.05, 4.69) is 10.1 Å². The second kappa shape index (κ2) is 4.72. The zero-order valence-electron chi connectivity index (χ0n) is 9.82. The van der Waals surface area contributed by atoms with Crippen molar-refractivity contribution >= 4 is 0 Å². The molecule has 0 bridgehead atoms. The first-order valence-electron chi connectivity index (χ1n) is 5.13. The van der Waals surface area contributed by atoms with E-state index in [0.717, 1.165) is 6.42 Å². The summed E-state index contributed by atoms with van der Waals surface area (Å²) in [6, 6.07) is 0. The minimum Gasteiger partial charge on any atom is -0.394 e. The van der Waals surface area contributed by atoms with Gasteiger partial charge in [0.25, 0.3) is 0 Å². The summed E-state index contributed by atoms with van der Waals surface area (Å²) in [6.45, 7) is 6.58. The summed E-state index contributed by atoms with van der Waals surface area (Å²) in [5, 5.41) is 13.1. The number of hydrogen-bond donors (Lipinski definition) is 1. The molecule has 0 spiro atoms. The van der Waals surface area contributed by atoms with Crippen molar-refractivity contribution < 1.29 is 9.63 Å². The number of nitrogens with zero attached hydrogens (tertiary/aromatic N) is 3. The van der Waals surface area contributed by atoms with Crippen molar-refractivity contribution in [3.05, 3.63) is 11.7 Å². The number of rotatable bonds is 5. The first-order valence-corrected chi connectivity index (χ1v) is 5.13. The van der Waals surface area contributed by atoms with Gasteiger partial charge in [-0.15, -0.1) is 0 Å². The summed E-state index contributed by atoms with van der Waals surface area (Å²) in [6.07, 6.45) is 0.750. The Balaban J connectivity index is 2.61. The molecule has 1 aromatic heterocycles. The molecule has 0 aliphatic rings. The summed E-state index contributed by atoms with van der Waals surface area (Å²) in [7, 11) is 1.93. The first-order chi connectivity index (χ1) is 6.99. The van der Waals surface area contributed by atoms with Gasteiger partial charge >= 0.3 is 0 Å². The highest BCUT2D eigenvalue weighted by atomic mass is 16.5. The maximum absolute atomic E-state index is 9.19. The fraction of sp³-hybridized carbons (Fsp3) is 0.800. The van der Waals surface area contributed by atoms with Crippen molar-refractivity contribution in [2.75, 3.05) is 13.7 Å². The van der Waals surface area contributed by atoms with Crippen molar-refractivity contribution in [3.63, 3.8) is 0 Å². The number of aryl methyl sites for hydroxylation is 1. The monoisotopic (exact) mass is 213 g/mol. The molecule has 0 atom stereocenters. The van der Waals surface area contributed by atoms with Gasteiger partial charge in [0.1, 0.15) is 0 Å². The van der Waals surface area contributed by atoms with Gasteiger partial charge in [-0.05, 0) is 20.9 Å². The smallest absolute Gasteiger partial charge is 0.226 e. The standard InChI is InChI=1S/C10H19N3O2/c1-5-9-11-8(12-15-9)6-13(4)10(2,3)7-14/h14H,5-7H2,1-4H3. The third-order valence-corrected chi connectivity index (χ3v) is 2.61. The molecule has 0 saturated carbocycles. The number of aliphatic hydroxyl groups is 1. The Bertz CT molecular complexity index is 309. The fourth-order valence-electron chi connectivity index (χ4n) is 1.04. The molecular weight excluding hydrogens is 194 g/mol. The van der Waals surface area contributed by atoms with E-state index < -0.39 is 0 Å². The van der Waals surface area contributed by atoms with E-state index in [1.165, 1.54) is 0 Å². The Hall–Kier alpha value is -0.940. The molecule has 0 aliphatic heterocycles.